The second-order valence-electron chi connectivity index (χ2n) is 16.5. The number of hydrogen-bond acceptors (Lipinski definition) is 12. The lowest BCUT2D eigenvalue weighted by atomic mass is 9.85. The van der Waals surface area contributed by atoms with Crippen LogP contribution in [0.3, 0.4) is 0 Å². The quantitative estimate of drug-likeness (QED) is 0.125. The smallest absolute Gasteiger partial charge is 0.161 e. The van der Waals surface area contributed by atoms with Crippen molar-refractivity contribution in [3.05, 3.63) is 47.5 Å². The van der Waals surface area contributed by atoms with E-state index < -0.39 is 0 Å². The highest BCUT2D eigenvalue weighted by molar-refractivity contribution is 5.44. The molecule has 0 saturated carbocycles. The molecule has 2 atom stereocenters. The topological polar surface area (TPSA) is 86.8 Å². The summed E-state index contributed by atoms with van der Waals surface area (Å²) >= 11 is 0. The van der Waals surface area contributed by atoms with Crippen LogP contribution in [-0.2, 0) is 31.8 Å². The Labute approximate surface area is 349 Å². The highest BCUT2D eigenvalue weighted by atomic mass is 16.5. The number of hydrogen-bond donors (Lipinski definition) is 0. The van der Waals surface area contributed by atoms with Crippen molar-refractivity contribution in [2.45, 2.75) is 52.4 Å². The molecule has 2 aromatic carbocycles. The third kappa shape index (κ3) is 16.1. The molecule has 0 aliphatic carbocycles. The number of benzene rings is 2. The third-order valence-corrected chi connectivity index (χ3v) is 12.0. The van der Waals surface area contributed by atoms with Gasteiger partial charge in [-0.3, -0.25) is 19.6 Å². The summed E-state index contributed by atoms with van der Waals surface area (Å²) in [4.78, 5) is 9.84. The molecule has 0 amide bonds. The van der Waals surface area contributed by atoms with Gasteiger partial charge in [0.25, 0.3) is 0 Å². The zero-order chi connectivity index (χ0) is 40.0. The van der Waals surface area contributed by atoms with Gasteiger partial charge in [-0.1, -0.05) is 26.0 Å². The van der Waals surface area contributed by atoms with Crippen molar-refractivity contribution in [1.82, 2.24) is 19.6 Å². The van der Waals surface area contributed by atoms with Crippen molar-refractivity contribution in [3.63, 3.8) is 0 Å². The van der Waals surface area contributed by atoms with Crippen LogP contribution in [0.15, 0.2) is 36.4 Å². The number of rotatable bonds is 25. The first-order valence-corrected chi connectivity index (χ1v) is 22.6. The fraction of sp³-hybridized carbons (Fsp3) is 0.739. The van der Waals surface area contributed by atoms with Crippen LogP contribution < -0.4 is 18.9 Å². The Morgan fingerprint density at radius 1 is 0.414 bits per heavy atom. The lowest BCUT2D eigenvalue weighted by Gasteiger charge is -2.27. The van der Waals surface area contributed by atoms with E-state index in [0.29, 0.717) is 38.3 Å². The van der Waals surface area contributed by atoms with Gasteiger partial charge in [0.05, 0.1) is 79.3 Å². The van der Waals surface area contributed by atoms with E-state index in [0.717, 1.165) is 193 Å². The Balaban J connectivity index is 1.02. The molecule has 0 radical (unpaired) electrons. The average Bonchev–Trinajstić information content (AvgIpc) is 3.26. The van der Waals surface area contributed by atoms with E-state index in [4.69, 9.17) is 37.9 Å². The molecular weight excluding hydrogens is 737 g/mol. The number of nitrogens with zero attached hydrogens (tertiary/aromatic N) is 4. The van der Waals surface area contributed by atoms with Crippen LogP contribution in [0.1, 0.15) is 50.7 Å². The Morgan fingerprint density at radius 2 is 0.690 bits per heavy atom. The molecule has 326 valence electrons. The molecular formula is C46H74N4O8. The highest BCUT2D eigenvalue weighted by Crippen LogP contribution is 2.33. The summed E-state index contributed by atoms with van der Waals surface area (Å²) in [7, 11) is 0. The van der Waals surface area contributed by atoms with Crippen LogP contribution in [0.5, 0.6) is 23.0 Å². The van der Waals surface area contributed by atoms with E-state index in [1.807, 2.05) is 0 Å². The first kappa shape index (κ1) is 44.9. The molecule has 0 bridgehead atoms. The molecule has 6 rings (SSSR count). The minimum Gasteiger partial charge on any atom is -0.490 e. The SMILES string of the molecule is CC(Cc1ccc(OCCCN2CCOCC2)c(OCCCN2CCOCC2)c1)C(C)Cc1ccc(OCCCN2CCOCC2)c(OCCCN2CCOCC2)c1. The maximum absolute atomic E-state index is 6.47. The second-order valence-corrected chi connectivity index (χ2v) is 16.5. The molecule has 4 fully saturated rings. The van der Waals surface area contributed by atoms with E-state index in [2.05, 4.69) is 69.8 Å². The van der Waals surface area contributed by atoms with Crippen molar-refractivity contribution in [2.75, 3.05) is 158 Å². The minimum absolute atomic E-state index is 0.462. The van der Waals surface area contributed by atoms with Gasteiger partial charge in [-0.15, -0.1) is 0 Å². The predicted octanol–water partition coefficient (Wildman–Crippen LogP) is 5.15. The molecule has 4 heterocycles. The molecule has 0 aromatic heterocycles. The monoisotopic (exact) mass is 811 g/mol. The van der Waals surface area contributed by atoms with Gasteiger partial charge in [0.1, 0.15) is 0 Å². The van der Waals surface area contributed by atoms with Crippen molar-refractivity contribution in [3.8, 4) is 23.0 Å². The summed E-state index contributed by atoms with van der Waals surface area (Å²) < 4.78 is 47.7. The summed E-state index contributed by atoms with van der Waals surface area (Å²) in [6.07, 6.45) is 5.86. The second kappa shape index (κ2) is 25.8. The first-order chi connectivity index (χ1) is 28.6. The van der Waals surface area contributed by atoms with Gasteiger partial charge < -0.3 is 37.9 Å². The summed E-state index contributed by atoms with van der Waals surface area (Å²) in [5.41, 5.74) is 2.57. The maximum Gasteiger partial charge on any atom is 0.161 e. The van der Waals surface area contributed by atoms with Crippen LogP contribution in [0.25, 0.3) is 0 Å². The Bertz CT molecular complexity index is 1310. The van der Waals surface area contributed by atoms with Gasteiger partial charge >= 0.3 is 0 Å². The van der Waals surface area contributed by atoms with Crippen molar-refractivity contribution in [2.24, 2.45) is 11.8 Å². The maximum atomic E-state index is 6.47. The van der Waals surface area contributed by atoms with Crippen molar-refractivity contribution in [1.29, 1.82) is 0 Å². The van der Waals surface area contributed by atoms with Crippen LogP contribution in [-0.4, -0.2) is 177 Å². The van der Waals surface area contributed by atoms with Gasteiger partial charge in [-0.2, -0.15) is 0 Å². The molecule has 58 heavy (non-hydrogen) atoms. The lowest BCUT2D eigenvalue weighted by Crippen LogP contribution is -2.37. The summed E-state index contributed by atoms with van der Waals surface area (Å²) in [5, 5.41) is 0. The number of ether oxygens (including phenoxy) is 8. The fourth-order valence-electron chi connectivity index (χ4n) is 8.15. The van der Waals surface area contributed by atoms with Crippen molar-refractivity contribution >= 4 is 0 Å². The minimum atomic E-state index is 0.462. The van der Waals surface area contributed by atoms with Crippen LogP contribution in [0.2, 0.25) is 0 Å². The van der Waals surface area contributed by atoms with E-state index in [1.165, 1.54) is 11.1 Å². The van der Waals surface area contributed by atoms with Gasteiger partial charge in [0.2, 0.25) is 0 Å². The standard InChI is InChI=1S/C46H74N4O8/c1-39(35-41-7-9-43(55-23-3-11-47-15-27-51-28-16-47)45(37-41)57-25-5-13-49-19-31-53-32-20-49)40(2)36-42-8-10-44(56-24-4-12-48-17-29-52-30-18-48)46(38-42)58-26-6-14-50-21-33-54-34-22-50/h7-10,37-40H,3-6,11-36H2,1-2H3. The zero-order valence-corrected chi connectivity index (χ0v) is 35.9. The molecule has 2 aromatic rings. The predicted molar refractivity (Wildman–Crippen MR) is 228 cm³/mol. The van der Waals surface area contributed by atoms with Gasteiger partial charge in [0.15, 0.2) is 23.0 Å². The van der Waals surface area contributed by atoms with Crippen LogP contribution >= 0.6 is 0 Å². The largest absolute Gasteiger partial charge is 0.490 e. The lowest BCUT2D eigenvalue weighted by molar-refractivity contribution is 0.0353. The van der Waals surface area contributed by atoms with Gasteiger partial charge in [0, 0.05) is 78.5 Å². The number of morpholine rings is 4. The molecule has 2 unspecified atom stereocenters. The van der Waals surface area contributed by atoms with E-state index >= 15 is 0 Å². The molecule has 0 spiro atoms. The zero-order valence-electron chi connectivity index (χ0n) is 35.9. The van der Waals surface area contributed by atoms with Gasteiger partial charge in [-0.05, 0) is 85.8 Å². The van der Waals surface area contributed by atoms with Crippen LogP contribution in [0.4, 0.5) is 0 Å². The van der Waals surface area contributed by atoms with E-state index in [9.17, 15) is 0 Å². The fourth-order valence-corrected chi connectivity index (χ4v) is 8.15. The molecule has 12 nitrogen and oxygen atoms in total. The molecule has 0 N–H and O–H groups in total. The molecule has 4 aliphatic heterocycles. The Morgan fingerprint density at radius 3 is 0.983 bits per heavy atom. The third-order valence-electron chi connectivity index (χ3n) is 12.0. The average molecular weight is 811 g/mol. The van der Waals surface area contributed by atoms with Gasteiger partial charge in [-0.25, -0.2) is 0 Å². The Kier molecular flexibility index (Phi) is 20.0. The Hall–Kier alpha value is -2.68. The molecule has 4 aliphatic rings. The normalized spacial score (nSPS) is 20.1. The summed E-state index contributed by atoms with van der Waals surface area (Å²) in [6, 6.07) is 13.2. The molecule has 4 saturated heterocycles. The highest BCUT2D eigenvalue weighted by Gasteiger charge is 2.19. The van der Waals surface area contributed by atoms with Crippen LogP contribution in [0, 0.1) is 11.8 Å². The summed E-state index contributed by atoms with van der Waals surface area (Å²) in [5.74, 6) is 4.34. The molecule has 12 heteroatoms. The van der Waals surface area contributed by atoms with Crippen molar-refractivity contribution < 1.29 is 37.9 Å². The van der Waals surface area contributed by atoms with E-state index in [-0.39, 0.29) is 0 Å². The van der Waals surface area contributed by atoms with E-state index in [1.54, 1.807) is 0 Å². The summed E-state index contributed by atoms with van der Waals surface area (Å²) in [6.45, 7) is 26.1. The first-order valence-electron chi connectivity index (χ1n) is 22.6.